The van der Waals surface area contributed by atoms with Crippen molar-refractivity contribution in [3.05, 3.63) is 108 Å². The highest BCUT2D eigenvalue weighted by Gasteiger charge is 2.32. The Morgan fingerprint density at radius 3 is 2.18 bits per heavy atom. The van der Waals surface area contributed by atoms with E-state index in [0.29, 0.717) is 67.3 Å². The lowest BCUT2D eigenvalue weighted by Gasteiger charge is -2.28. The number of nitrogens with zero attached hydrogens (tertiary/aromatic N) is 3. The van der Waals surface area contributed by atoms with E-state index in [9.17, 15) is 4.79 Å². The average Bonchev–Trinajstić information content (AvgIpc) is 3.44. The predicted molar refractivity (Wildman–Crippen MR) is 180 cm³/mol. The van der Waals surface area contributed by atoms with Gasteiger partial charge < -0.3 is 23.8 Å². The minimum Gasteiger partial charge on any atom is -0.489 e. The Bertz CT molecular complexity index is 1780. The third kappa shape index (κ3) is 6.50. The van der Waals surface area contributed by atoms with Crippen molar-refractivity contribution in [1.82, 2.24) is 9.61 Å². The lowest BCUT2D eigenvalue weighted by Crippen LogP contribution is -2.37. The molecule has 2 aromatic heterocycles. The van der Waals surface area contributed by atoms with E-state index in [1.54, 1.807) is 6.92 Å². The molecule has 0 amide bonds. The van der Waals surface area contributed by atoms with Gasteiger partial charge in [-0.05, 0) is 55.3 Å². The number of carbonyl (C=O) groups excluding carboxylic acids is 1. The number of hydrogen-bond donors (Lipinski definition) is 0. The van der Waals surface area contributed by atoms with E-state index in [-0.39, 0.29) is 6.61 Å². The Balaban J connectivity index is 1.59. The van der Waals surface area contributed by atoms with Crippen molar-refractivity contribution < 1.29 is 23.7 Å². The maximum atomic E-state index is 13.9. The van der Waals surface area contributed by atoms with E-state index < -0.39 is 5.97 Å². The fourth-order valence-corrected chi connectivity index (χ4v) is 5.97. The topological polar surface area (TPSA) is 74.5 Å². The molecule has 1 saturated heterocycles. The molecule has 0 spiro atoms. The maximum absolute atomic E-state index is 13.9. The summed E-state index contributed by atoms with van der Waals surface area (Å²) < 4.78 is 25.3. The third-order valence-electron chi connectivity index (χ3n) is 7.67. The molecule has 0 bridgehead atoms. The van der Waals surface area contributed by atoms with E-state index in [1.807, 2.05) is 96.4 Å². The Kier molecular flexibility index (Phi) is 9.55. The summed E-state index contributed by atoms with van der Waals surface area (Å²) in [7, 11) is 3.74. The van der Waals surface area contributed by atoms with Crippen LogP contribution in [-0.2, 0) is 20.8 Å². The summed E-state index contributed by atoms with van der Waals surface area (Å²) in [6.07, 6.45) is 0. The molecule has 1 aliphatic heterocycles. The van der Waals surface area contributed by atoms with Crippen molar-refractivity contribution in [2.24, 2.45) is 0 Å². The van der Waals surface area contributed by atoms with Crippen molar-refractivity contribution in [3.8, 4) is 28.1 Å². The lowest BCUT2D eigenvalue weighted by molar-refractivity contribution is 0.0528. The maximum Gasteiger partial charge on any atom is 0.341 e. The molecule has 0 N–H and O–H groups in total. The molecule has 230 valence electrons. The molecule has 8 nitrogen and oxygen atoms in total. The zero-order chi connectivity index (χ0) is 31.2. The highest BCUT2D eigenvalue weighted by molar-refractivity contribution is 7.21. The quantitative estimate of drug-likeness (QED) is 0.117. The van der Waals surface area contributed by atoms with E-state index in [4.69, 9.17) is 24.0 Å². The summed E-state index contributed by atoms with van der Waals surface area (Å²) in [6, 6.07) is 30.0. The van der Waals surface area contributed by atoms with Crippen LogP contribution in [-0.4, -0.2) is 60.6 Å². The number of ether oxygens (including phenoxy) is 4. The average molecular weight is 622 g/mol. The van der Waals surface area contributed by atoms with Gasteiger partial charge in [0.15, 0.2) is 0 Å². The smallest absolute Gasteiger partial charge is 0.341 e. The molecular formula is C36H36N3O5P. The van der Waals surface area contributed by atoms with Crippen molar-refractivity contribution in [2.45, 2.75) is 20.5 Å². The van der Waals surface area contributed by atoms with Gasteiger partial charge in [0.25, 0.3) is 0 Å². The number of carbonyl (C=O) groups is 1. The first-order chi connectivity index (χ1) is 22.1. The second kappa shape index (κ2) is 14.1. The molecule has 45 heavy (non-hydrogen) atoms. The minimum atomic E-state index is -0.451. The van der Waals surface area contributed by atoms with E-state index in [1.165, 1.54) is 0 Å². The fourth-order valence-electron chi connectivity index (χ4n) is 5.58. The minimum absolute atomic E-state index is 0.226. The third-order valence-corrected chi connectivity index (χ3v) is 8.06. The first-order valence-electron chi connectivity index (χ1n) is 15.2. The van der Waals surface area contributed by atoms with Gasteiger partial charge in [-0.15, -0.1) is 5.10 Å². The summed E-state index contributed by atoms with van der Waals surface area (Å²) in [5, 5.41) is 5.18. The molecule has 0 saturated carbocycles. The summed E-state index contributed by atoms with van der Waals surface area (Å²) in [4.78, 5) is 16.1. The molecule has 0 atom stereocenters. The molecule has 9 heteroatoms. The van der Waals surface area contributed by atoms with E-state index in [0.717, 1.165) is 33.8 Å². The number of fused-ring (bicyclic) bond motifs is 1. The van der Waals surface area contributed by atoms with Crippen LogP contribution in [0.25, 0.3) is 27.9 Å². The number of morpholine rings is 1. The van der Waals surface area contributed by atoms with Crippen LogP contribution in [0.5, 0.6) is 5.75 Å². The van der Waals surface area contributed by atoms with Crippen molar-refractivity contribution in [2.75, 3.05) is 44.4 Å². The summed E-state index contributed by atoms with van der Waals surface area (Å²) in [5.41, 5.74) is 6.47. The number of esters is 1. The Morgan fingerprint density at radius 1 is 0.844 bits per heavy atom. The lowest BCUT2D eigenvalue weighted by atomic mass is 10.0. The van der Waals surface area contributed by atoms with Crippen LogP contribution in [0.2, 0.25) is 0 Å². The SMILES string of the molecule is CCOC(=O)c1c(C(=P)OCC)c(-c2ccc(OCc3ccccc3)cc2)n2nc(N3CCOCC3)cc(-c3ccccc3)c12. The van der Waals surface area contributed by atoms with Crippen LogP contribution in [0, 0.1) is 0 Å². The summed E-state index contributed by atoms with van der Waals surface area (Å²) in [5.74, 6) is 1.07. The standard InChI is InChI=1S/C36H36N3O5P/c1-3-42-35(40)31-32(36(45)43-4-2)33(27-15-17-28(18-16-27)44-24-25-11-7-5-8-12-25)39-34(31)29(26-13-9-6-10-14-26)23-30(37-39)38-19-21-41-22-20-38/h5-18,23,45H,3-4,19-22,24H2,1-2H3. The zero-order valence-electron chi connectivity index (χ0n) is 25.5. The van der Waals surface area contributed by atoms with Crippen LogP contribution in [0.15, 0.2) is 91.0 Å². The normalized spacial score (nSPS) is 13.2. The molecule has 5 aromatic rings. The molecule has 1 aliphatic rings. The number of aromatic nitrogens is 2. The van der Waals surface area contributed by atoms with Crippen LogP contribution < -0.4 is 9.64 Å². The first kappa shape index (κ1) is 30.5. The van der Waals surface area contributed by atoms with Gasteiger partial charge in [-0.25, -0.2) is 9.31 Å². The highest BCUT2D eigenvalue weighted by atomic mass is 31.0. The second-order valence-electron chi connectivity index (χ2n) is 10.5. The molecule has 1 fully saturated rings. The zero-order valence-corrected chi connectivity index (χ0v) is 26.5. The molecule has 3 aromatic carbocycles. The summed E-state index contributed by atoms with van der Waals surface area (Å²) in [6.45, 7) is 7.45. The van der Waals surface area contributed by atoms with Crippen LogP contribution >= 0.6 is 8.86 Å². The van der Waals surface area contributed by atoms with Gasteiger partial charge in [0.1, 0.15) is 23.7 Å². The highest BCUT2D eigenvalue weighted by Crippen LogP contribution is 2.40. The van der Waals surface area contributed by atoms with Gasteiger partial charge in [-0.2, -0.15) is 0 Å². The number of benzene rings is 3. The number of rotatable bonds is 11. The monoisotopic (exact) mass is 621 g/mol. The van der Waals surface area contributed by atoms with Crippen molar-refractivity contribution in [3.63, 3.8) is 0 Å². The van der Waals surface area contributed by atoms with Crippen LogP contribution in [0.4, 0.5) is 5.82 Å². The van der Waals surface area contributed by atoms with Gasteiger partial charge in [0.2, 0.25) is 0 Å². The van der Waals surface area contributed by atoms with Gasteiger partial charge >= 0.3 is 5.97 Å². The predicted octanol–water partition coefficient (Wildman–Crippen LogP) is 6.92. The first-order valence-corrected chi connectivity index (χ1v) is 15.7. The van der Waals surface area contributed by atoms with E-state index in [2.05, 4.69) is 19.8 Å². The molecular weight excluding hydrogens is 585 g/mol. The Morgan fingerprint density at radius 2 is 1.51 bits per heavy atom. The molecule has 0 aliphatic carbocycles. The van der Waals surface area contributed by atoms with Gasteiger partial charge in [0.05, 0.1) is 48.8 Å². The van der Waals surface area contributed by atoms with Gasteiger partial charge in [0, 0.05) is 24.2 Å². The molecule has 0 radical (unpaired) electrons. The summed E-state index contributed by atoms with van der Waals surface area (Å²) >= 11 is 0. The Labute approximate surface area is 265 Å². The number of anilines is 1. The van der Waals surface area contributed by atoms with Crippen molar-refractivity contribution in [1.29, 1.82) is 0 Å². The Hall–Kier alpha value is -4.49. The van der Waals surface area contributed by atoms with Gasteiger partial charge in [-0.3, -0.25) is 0 Å². The van der Waals surface area contributed by atoms with Crippen LogP contribution in [0.1, 0.15) is 35.3 Å². The molecule has 0 unspecified atom stereocenters. The van der Waals surface area contributed by atoms with E-state index >= 15 is 0 Å². The largest absolute Gasteiger partial charge is 0.489 e. The number of hydrogen-bond acceptors (Lipinski definition) is 7. The van der Waals surface area contributed by atoms with Crippen LogP contribution in [0.3, 0.4) is 0 Å². The van der Waals surface area contributed by atoms with Crippen molar-refractivity contribution >= 4 is 31.6 Å². The second-order valence-corrected chi connectivity index (χ2v) is 11.0. The molecule has 3 heterocycles. The molecule has 6 rings (SSSR count). The fraction of sp³-hybridized carbons (Fsp3) is 0.250. The van der Waals surface area contributed by atoms with Gasteiger partial charge in [-0.1, -0.05) is 69.5 Å².